The maximum absolute atomic E-state index is 13.1. The van der Waals surface area contributed by atoms with Crippen molar-refractivity contribution in [3.63, 3.8) is 0 Å². The van der Waals surface area contributed by atoms with Crippen LogP contribution >= 0.6 is 0 Å². The lowest BCUT2D eigenvalue weighted by atomic mass is 9.97. The highest BCUT2D eigenvalue weighted by Crippen LogP contribution is 2.32. The molecule has 2 saturated heterocycles. The molecule has 0 aliphatic carbocycles. The van der Waals surface area contributed by atoms with E-state index in [9.17, 15) is 14.4 Å². The number of aromatic nitrogens is 2. The summed E-state index contributed by atoms with van der Waals surface area (Å²) in [5.41, 5.74) is 1.97. The van der Waals surface area contributed by atoms with E-state index in [2.05, 4.69) is 4.98 Å². The molecule has 8 heteroatoms. The minimum absolute atomic E-state index is 0.0342. The van der Waals surface area contributed by atoms with Gasteiger partial charge in [0.05, 0.1) is 17.7 Å². The fourth-order valence-corrected chi connectivity index (χ4v) is 4.49. The van der Waals surface area contributed by atoms with Crippen molar-refractivity contribution in [1.82, 2.24) is 24.7 Å². The molecular formula is C20H27N5O3. The van der Waals surface area contributed by atoms with Crippen molar-refractivity contribution in [3.05, 3.63) is 23.3 Å². The Bertz CT molecular complexity index is 811. The Hall–Kier alpha value is -2.51. The lowest BCUT2D eigenvalue weighted by Gasteiger charge is -2.36. The second-order valence-electron chi connectivity index (χ2n) is 8.11. The van der Waals surface area contributed by atoms with Gasteiger partial charge in [-0.2, -0.15) is 0 Å². The van der Waals surface area contributed by atoms with Gasteiger partial charge in [0.15, 0.2) is 5.82 Å². The lowest BCUT2D eigenvalue weighted by Crippen LogP contribution is -2.43. The Kier molecular flexibility index (Phi) is 5.03. The zero-order valence-corrected chi connectivity index (χ0v) is 16.6. The molecule has 3 amide bonds. The van der Waals surface area contributed by atoms with E-state index >= 15 is 0 Å². The van der Waals surface area contributed by atoms with Crippen molar-refractivity contribution >= 4 is 17.7 Å². The van der Waals surface area contributed by atoms with Crippen LogP contribution in [0.4, 0.5) is 0 Å². The Morgan fingerprint density at radius 2 is 2.04 bits per heavy atom. The van der Waals surface area contributed by atoms with Crippen LogP contribution in [0, 0.1) is 5.92 Å². The largest absolute Gasteiger partial charge is 0.345 e. The molecule has 4 heterocycles. The second kappa shape index (κ2) is 7.48. The first-order valence-electron chi connectivity index (χ1n) is 10.1. The molecule has 4 rings (SSSR count). The molecule has 2 fully saturated rings. The van der Waals surface area contributed by atoms with Gasteiger partial charge in [0.2, 0.25) is 17.7 Å². The van der Waals surface area contributed by atoms with Crippen molar-refractivity contribution in [2.45, 2.75) is 51.6 Å². The molecular weight excluding hydrogens is 358 g/mol. The normalized spacial score (nSPS) is 25.1. The number of fused-ring (bicyclic) bond motifs is 1. The number of amides is 3. The van der Waals surface area contributed by atoms with Crippen LogP contribution in [0.2, 0.25) is 0 Å². The predicted molar refractivity (Wildman–Crippen MR) is 101 cm³/mol. The van der Waals surface area contributed by atoms with Crippen LogP contribution in [0.1, 0.15) is 55.7 Å². The molecule has 8 nitrogen and oxygen atoms in total. The monoisotopic (exact) mass is 385 g/mol. The van der Waals surface area contributed by atoms with Crippen LogP contribution in [-0.2, 0) is 27.3 Å². The third-order valence-electron chi connectivity index (χ3n) is 6.17. The van der Waals surface area contributed by atoms with Crippen molar-refractivity contribution in [1.29, 1.82) is 0 Å². The van der Waals surface area contributed by atoms with Crippen LogP contribution in [0.25, 0.3) is 0 Å². The summed E-state index contributed by atoms with van der Waals surface area (Å²) in [6, 6.07) is -0.126. The summed E-state index contributed by atoms with van der Waals surface area (Å²) >= 11 is 0. The van der Waals surface area contributed by atoms with Crippen LogP contribution in [0.5, 0.6) is 0 Å². The summed E-state index contributed by atoms with van der Waals surface area (Å²) < 4.78 is 0. The highest BCUT2D eigenvalue weighted by atomic mass is 16.2. The van der Waals surface area contributed by atoms with Gasteiger partial charge in [0.1, 0.15) is 0 Å². The van der Waals surface area contributed by atoms with E-state index in [-0.39, 0.29) is 29.7 Å². The SMILES string of the molecule is CC(=O)N1CCc2nc(C3CCCCN3C(=O)C3CC(=O)N(C)C3)ncc2C1. The topological polar surface area (TPSA) is 86.7 Å². The first-order valence-corrected chi connectivity index (χ1v) is 10.1. The van der Waals surface area contributed by atoms with Gasteiger partial charge in [-0.1, -0.05) is 0 Å². The quantitative estimate of drug-likeness (QED) is 0.755. The molecule has 28 heavy (non-hydrogen) atoms. The van der Waals surface area contributed by atoms with E-state index in [1.807, 2.05) is 11.1 Å². The average Bonchev–Trinajstić information content (AvgIpc) is 3.05. The van der Waals surface area contributed by atoms with Gasteiger partial charge in [-0.25, -0.2) is 9.97 Å². The highest BCUT2D eigenvalue weighted by molar-refractivity contribution is 5.89. The Morgan fingerprint density at radius 1 is 1.21 bits per heavy atom. The van der Waals surface area contributed by atoms with Crippen LogP contribution in [0.3, 0.4) is 0 Å². The van der Waals surface area contributed by atoms with E-state index in [4.69, 9.17) is 4.98 Å². The molecule has 2 atom stereocenters. The number of carbonyl (C=O) groups excluding carboxylic acids is 3. The Labute approximate surface area is 164 Å². The summed E-state index contributed by atoms with van der Waals surface area (Å²) in [5, 5.41) is 0. The van der Waals surface area contributed by atoms with E-state index < -0.39 is 0 Å². The number of piperidine rings is 1. The molecule has 0 spiro atoms. The predicted octanol–water partition coefficient (Wildman–Crippen LogP) is 0.913. The molecule has 0 radical (unpaired) electrons. The molecule has 2 unspecified atom stereocenters. The molecule has 0 bridgehead atoms. The minimum Gasteiger partial charge on any atom is -0.345 e. The number of carbonyl (C=O) groups is 3. The Balaban J connectivity index is 1.54. The molecule has 3 aliphatic rings. The molecule has 0 aromatic carbocycles. The highest BCUT2D eigenvalue weighted by Gasteiger charge is 2.39. The first kappa shape index (κ1) is 18.8. The van der Waals surface area contributed by atoms with Gasteiger partial charge in [0, 0.05) is 64.8 Å². The molecule has 0 saturated carbocycles. The van der Waals surface area contributed by atoms with Gasteiger partial charge in [-0.05, 0) is 19.3 Å². The van der Waals surface area contributed by atoms with Gasteiger partial charge in [0.25, 0.3) is 0 Å². The zero-order valence-electron chi connectivity index (χ0n) is 16.6. The number of nitrogens with zero attached hydrogens (tertiary/aromatic N) is 5. The van der Waals surface area contributed by atoms with Crippen molar-refractivity contribution in [2.75, 3.05) is 26.7 Å². The number of likely N-dealkylation sites (tertiary alicyclic amines) is 2. The third kappa shape index (κ3) is 3.47. The standard InChI is InChI=1S/C20H27N5O3/c1-13(26)24-8-6-16-15(12-24)10-21-19(22-16)17-5-3-4-7-25(17)20(28)14-9-18(27)23(2)11-14/h10,14,17H,3-9,11-12H2,1-2H3. The van der Waals surface area contributed by atoms with Crippen LogP contribution in [-0.4, -0.2) is 69.1 Å². The van der Waals surface area contributed by atoms with Gasteiger partial charge < -0.3 is 14.7 Å². The van der Waals surface area contributed by atoms with Gasteiger partial charge in [-0.15, -0.1) is 0 Å². The molecule has 1 aromatic rings. The molecule has 1 aromatic heterocycles. The Morgan fingerprint density at radius 3 is 2.75 bits per heavy atom. The smallest absolute Gasteiger partial charge is 0.228 e. The summed E-state index contributed by atoms with van der Waals surface area (Å²) in [4.78, 5) is 51.3. The van der Waals surface area contributed by atoms with Gasteiger partial charge >= 0.3 is 0 Å². The minimum atomic E-state index is -0.264. The fraction of sp³-hybridized carbons (Fsp3) is 0.650. The summed E-state index contributed by atoms with van der Waals surface area (Å²) in [6.45, 7) is 3.98. The van der Waals surface area contributed by atoms with Crippen LogP contribution < -0.4 is 0 Å². The van der Waals surface area contributed by atoms with Gasteiger partial charge in [-0.3, -0.25) is 14.4 Å². The van der Waals surface area contributed by atoms with E-state index in [0.717, 1.165) is 30.5 Å². The van der Waals surface area contributed by atoms with Crippen molar-refractivity contribution in [3.8, 4) is 0 Å². The van der Waals surface area contributed by atoms with E-state index in [0.29, 0.717) is 44.8 Å². The summed E-state index contributed by atoms with van der Waals surface area (Å²) in [6.07, 6.45) is 5.68. The third-order valence-corrected chi connectivity index (χ3v) is 6.17. The second-order valence-corrected chi connectivity index (χ2v) is 8.11. The number of rotatable bonds is 2. The number of hydrogen-bond donors (Lipinski definition) is 0. The zero-order chi connectivity index (χ0) is 19.8. The fourth-order valence-electron chi connectivity index (χ4n) is 4.49. The summed E-state index contributed by atoms with van der Waals surface area (Å²) in [5.74, 6) is 0.578. The van der Waals surface area contributed by atoms with Crippen molar-refractivity contribution in [2.24, 2.45) is 5.92 Å². The first-order chi connectivity index (χ1) is 13.4. The maximum Gasteiger partial charge on any atom is 0.228 e. The molecule has 3 aliphatic heterocycles. The van der Waals surface area contributed by atoms with E-state index in [1.54, 1.807) is 23.8 Å². The van der Waals surface area contributed by atoms with Crippen molar-refractivity contribution < 1.29 is 14.4 Å². The maximum atomic E-state index is 13.1. The van der Waals surface area contributed by atoms with Crippen LogP contribution in [0.15, 0.2) is 6.20 Å². The summed E-state index contributed by atoms with van der Waals surface area (Å²) in [7, 11) is 1.75. The average molecular weight is 385 g/mol. The molecule has 150 valence electrons. The molecule has 0 N–H and O–H groups in total. The lowest BCUT2D eigenvalue weighted by molar-refractivity contribution is -0.139. The number of hydrogen-bond acceptors (Lipinski definition) is 5. The van der Waals surface area contributed by atoms with E-state index in [1.165, 1.54) is 0 Å².